The average molecular weight is 348 g/mol. The van der Waals surface area contributed by atoms with Gasteiger partial charge in [-0.25, -0.2) is 15.0 Å². The van der Waals surface area contributed by atoms with E-state index in [2.05, 4.69) is 15.0 Å². The maximum Gasteiger partial charge on any atom is 0.301 e. The van der Waals surface area contributed by atoms with E-state index in [4.69, 9.17) is 0 Å². The summed E-state index contributed by atoms with van der Waals surface area (Å²) in [5.74, 6) is 0. The van der Waals surface area contributed by atoms with E-state index in [9.17, 15) is 10.1 Å². The number of imidazole rings is 2. The zero-order valence-corrected chi connectivity index (χ0v) is 13.9. The fraction of sp³-hybridized carbons (Fsp3) is 0.154. The van der Waals surface area contributed by atoms with Crippen molar-refractivity contribution in [3.05, 3.63) is 47.0 Å². The van der Waals surface area contributed by atoms with E-state index < -0.39 is 4.92 Å². The third kappa shape index (κ3) is 3.37. The van der Waals surface area contributed by atoms with Crippen LogP contribution in [0.25, 0.3) is 0 Å². The number of nitro groups is 1. The summed E-state index contributed by atoms with van der Waals surface area (Å²) in [6.07, 6.45) is 6.94. The summed E-state index contributed by atoms with van der Waals surface area (Å²) in [4.78, 5) is 23.6. The van der Waals surface area contributed by atoms with E-state index in [1.165, 1.54) is 29.6 Å². The molecule has 0 fully saturated rings. The highest BCUT2D eigenvalue weighted by Crippen LogP contribution is 2.35. The molecule has 118 valence electrons. The predicted octanol–water partition coefficient (Wildman–Crippen LogP) is 2.76. The number of nitrogens with zero attached hydrogens (tertiary/aromatic N) is 6. The zero-order valence-electron chi connectivity index (χ0n) is 12.3. The molecule has 0 N–H and O–H groups in total. The van der Waals surface area contributed by atoms with Crippen LogP contribution in [0.1, 0.15) is 0 Å². The Balaban J connectivity index is 1.94. The Morgan fingerprint density at radius 3 is 2.17 bits per heavy atom. The molecule has 3 aromatic rings. The molecule has 0 saturated heterocycles. The Bertz CT molecular complexity index is 860. The first-order chi connectivity index (χ1) is 11.0. The summed E-state index contributed by atoms with van der Waals surface area (Å²) in [7, 11) is 3.71. The fourth-order valence-electron chi connectivity index (χ4n) is 1.77. The molecule has 0 amide bonds. The number of rotatable bonds is 5. The van der Waals surface area contributed by atoms with Crippen LogP contribution in [0.3, 0.4) is 0 Å². The largest absolute Gasteiger partial charge is 0.329 e. The molecule has 23 heavy (non-hydrogen) atoms. The van der Waals surface area contributed by atoms with Gasteiger partial charge in [-0.15, -0.1) is 0 Å². The van der Waals surface area contributed by atoms with Crippen molar-refractivity contribution >= 4 is 29.2 Å². The molecule has 0 unspecified atom stereocenters. The van der Waals surface area contributed by atoms with Crippen LogP contribution in [0.2, 0.25) is 0 Å². The van der Waals surface area contributed by atoms with E-state index in [0.717, 1.165) is 5.16 Å². The highest BCUT2D eigenvalue weighted by Gasteiger charge is 2.19. The third-order valence-corrected chi connectivity index (χ3v) is 5.03. The Morgan fingerprint density at radius 2 is 1.65 bits per heavy atom. The molecule has 0 radical (unpaired) electrons. The smallest absolute Gasteiger partial charge is 0.301 e. The fourth-order valence-corrected chi connectivity index (χ4v) is 3.49. The summed E-state index contributed by atoms with van der Waals surface area (Å²) in [6, 6.07) is 3.09. The van der Waals surface area contributed by atoms with Gasteiger partial charge in [-0.3, -0.25) is 10.1 Å². The van der Waals surface area contributed by atoms with Crippen molar-refractivity contribution in [3.8, 4) is 0 Å². The second-order valence-electron chi connectivity index (χ2n) is 4.58. The van der Waals surface area contributed by atoms with Gasteiger partial charge in [-0.2, -0.15) is 0 Å². The third-order valence-electron chi connectivity index (χ3n) is 2.95. The van der Waals surface area contributed by atoms with E-state index in [1.54, 1.807) is 29.2 Å². The lowest BCUT2D eigenvalue weighted by molar-refractivity contribution is -0.388. The molecular formula is C13H12N6O2S2. The van der Waals surface area contributed by atoms with Crippen LogP contribution in [0.5, 0.6) is 0 Å². The lowest BCUT2D eigenvalue weighted by Crippen LogP contribution is -1.97. The number of pyridine rings is 1. The molecule has 3 heterocycles. The normalized spacial score (nSPS) is 10.9. The second-order valence-corrected chi connectivity index (χ2v) is 6.52. The summed E-state index contributed by atoms with van der Waals surface area (Å²) in [5.41, 5.74) is -0.0396. The van der Waals surface area contributed by atoms with Gasteiger partial charge in [0.2, 0.25) is 0 Å². The summed E-state index contributed by atoms with van der Waals surface area (Å²) in [6.45, 7) is 0. The molecular weight excluding hydrogens is 336 g/mol. The van der Waals surface area contributed by atoms with Crippen LogP contribution in [0.15, 0.2) is 57.3 Å². The number of hydrogen-bond donors (Lipinski definition) is 0. The maximum absolute atomic E-state index is 11.2. The zero-order chi connectivity index (χ0) is 16.4. The highest BCUT2D eigenvalue weighted by atomic mass is 32.2. The number of aromatic nitrogens is 5. The average Bonchev–Trinajstić information content (AvgIpc) is 3.09. The molecule has 0 spiro atoms. The SMILES string of the molecule is Cn1ccnc1Sc1ccc([N+](=O)[O-])c(Sc2nccn2C)n1. The van der Waals surface area contributed by atoms with Crippen LogP contribution >= 0.6 is 23.5 Å². The Kier molecular flexibility index (Phi) is 4.35. The quantitative estimate of drug-likeness (QED) is 0.517. The van der Waals surface area contributed by atoms with Gasteiger partial charge in [0.15, 0.2) is 15.3 Å². The first-order valence-corrected chi connectivity index (χ1v) is 8.13. The first-order valence-electron chi connectivity index (χ1n) is 6.50. The molecule has 0 saturated carbocycles. The predicted molar refractivity (Wildman–Crippen MR) is 85.6 cm³/mol. The molecule has 0 atom stereocenters. The van der Waals surface area contributed by atoms with Gasteiger partial charge in [0.05, 0.1) is 4.92 Å². The van der Waals surface area contributed by atoms with Crippen LogP contribution in [-0.2, 0) is 14.1 Å². The van der Waals surface area contributed by atoms with Crippen LogP contribution in [-0.4, -0.2) is 29.0 Å². The van der Waals surface area contributed by atoms with Crippen molar-refractivity contribution in [1.29, 1.82) is 0 Å². The number of hydrogen-bond acceptors (Lipinski definition) is 7. The summed E-state index contributed by atoms with van der Waals surface area (Å²) in [5, 5.41) is 13.6. The molecule has 0 aliphatic carbocycles. The van der Waals surface area contributed by atoms with E-state index >= 15 is 0 Å². The van der Waals surface area contributed by atoms with Crippen molar-refractivity contribution in [3.63, 3.8) is 0 Å². The molecule has 3 rings (SSSR count). The van der Waals surface area contributed by atoms with Crippen LogP contribution in [0, 0.1) is 10.1 Å². The van der Waals surface area contributed by atoms with Crippen LogP contribution in [0.4, 0.5) is 5.69 Å². The van der Waals surface area contributed by atoms with Crippen molar-refractivity contribution in [2.45, 2.75) is 20.4 Å². The highest BCUT2D eigenvalue weighted by molar-refractivity contribution is 7.99. The Hall–Kier alpha value is -2.33. The van der Waals surface area contributed by atoms with Crippen molar-refractivity contribution < 1.29 is 4.92 Å². The minimum absolute atomic E-state index is 0.0396. The summed E-state index contributed by atoms with van der Waals surface area (Å²) < 4.78 is 3.65. The topological polar surface area (TPSA) is 91.7 Å². The first kappa shape index (κ1) is 15.6. The second kappa shape index (κ2) is 6.42. The minimum atomic E-state index is -0.437. The monoisotopic (exact) mass is 348 g/mol. The van der Waals surface area contributed by atoms with Crippen molar-refractivity contribution in [2.24, 2.45) is 14.1 Å². The van der Waals surface area contributed by atoms with E-state index in [1.807, 2.05) is 24.9 Å². The molecule has 10 heteroatoms. The van der Waals surface area contributed by atoms with Gasteiger partial charge >= 0.3 is 5.69 Å². The summed E-state index contributed by atoms with van der Waals surface area (Å²) >= 11 is 2.52. The lowest BCUT2D eigenvalue weighted by Gasteiger charge is -2.05. The molecule has 0 aromatic carbocycles. The van der Waals surface area contributed by atoms with Gasteiger partial charge in [0, 0.05) is 44.9 Å². The Labute approximate surface area is 140 Å². The van der Waals surface area contributed by atoms with Gasteiger partial charge in [0.25, 0.3) is 0 Å². The van der Waals surface area contributed by atoms with Crippen LogP contribution < -0.4 is 0 Å². The minimum Gasteiger partial charge on any atom is -0.329 e. The molecule has 0 aliphatic heterocycles. The standard InChI is InChI=1S/C13H12N6O2S2/c1-17-7-5-14-12(17)22-10-4-3-9(19(20)21)11(16-10)23-13-15-6-8-18(13)2/h3-8H,1-2H3. The van der Waals surface area contributed by atoms with E-state index in [0.29, 0.717) is 15.2 Å². The number of aryl methyl sites for hydroxylation is 2. The van der Waals surface area contributed by atoms with Gasteiger partial charge in [-0.1, -0.05) is 0 Å². The van der Waals surface area contributed by atoms with Crippen molar-refractivity contribution in [2.75, 3.05) is 0 Å². The maximum atomic E-state index is 11.2. The van der Waals surface area contributed by atoms with Crippen molar-refractivity contribution in [1.82, 2.24) is 24.1 Å². The molecule has 3 aromatic heterocycles. The van der Waals surface area contributed by atoms with E-state index in [-0.39, 0.29) is 5.69 Å². The lowest BCUT2D eigenvalue weighted by atomic mass is 10.4. The Morgan fingerprint density at radius 1 is 1.04 bits per heavy atom. The molecule has 0 aliphatic rings. The molecule has 8 nitrogen and oxygen atoms in total. The molecule has 0 bridgehead atoms. The van der Waals surface area contributed by atoms with Gasteiger partial charge < -0.3 is 9.13 Å². The van der Waals surface area contributed by atoms with Gasteiger partial charge in [0.1, 0.15) is 5.03 Å². The van der Waals surface area contributed by atoms with Gasteiger partial charge in [-0.05, 0) is 29.6 Å².